The Balaban J connectivity index is 0.816. The van der Waals surface area contributed by atoms with Gasteiger partial charge in [0.05, 0.1) is 29.9 Å². The first-order valence-electron chi connectivity index (χ1n) is 18.7. The van der Waals surface area contributed by atoms with Crippen LogP contribution in [0.2, 0.25) is 5.02 Å². The number of aromatic nitrogens is 2. The van der Waals surface area contributed by atoms with Crippen LogP contribution in [0.3, 0.4) is 0 Å². The molecule has 4 aliphatic heterocycles. The van der Waals surface area contributed by atoms with E-state index >= 15 is 0 Å². The first-order chi connectivity index (χ1) is 26.5. The minimum absolute atomic E-state index is 0.0430. The number of halogens is 1. The Bertz CT molecular complexity index is 2270. The number of imide groups is 2. The predicted octanol–water partition coefficient (Wildman–Crippen LogP) is 6.08. The number of fused-ring (bicyclic) bond motifs is 2. The maximum absolute atomic E-state index is 13.5. The van der Waals surface area contributed by atoms with Crippen molar-refractivity contribution in [3.63, 3.8) is 0 Å². The normalized spacial score (nSPS) is 18.8. The van der Waals surface area contributed by atoms with Crippen molar-refractivity contribution in [1.82, 2.24) is 29.8 Å². The molecule has 55 heavy (non-hydrogen) atoms. The molecule has 8 rings (SSSR count). The number of piperidine rings is 2. The number of rotatable bonds is 8. The lowest BCUT2D eigenvalue weighted by molar-refractivity contribution is -0.136. The second-order valence-corrected chi connectivity index (χ2v) is 15.4. The smallest absolute Gasteiger partial charge is 0.262 e. The van der Waals surface area contributed by atoms with E-state index in [-0.39, 0.29) is 18.7 Å². The maximum atomic E-state index is 13.5. The number of hydrogen-bond donors (Lipinski definition) is 1. The summed E-state index contributed by atoms with van der Waals surface area (Å²) < 4.78 is 1.96. The molecule has 1 N–H and O–H groups in total. The van der Waals surface area contributed by atoms with E-state index in [1.807, 2.05) is 53.8 Å². The zero-order valence-electron chi connectivity index (χ0n) is 30.7. The number of carbonyl (C=O) groups is 5. The van der Waals surface area contributed by atoms with Gasteiger partial charge in [-0.3, -0.25) is 43.8 Å². The van der Waals surface area contributed by atoms with Gasteiger partial charge in [0.15, 0.2) is 0 Å². The van der Waals surface area contributed by atoms with Gasteiger partial charge in [0.2, 0.25) is 17.5 Å². The van der Waals surface area contributed by atoms with E-state index in [0.717, 1.165) is 69.9 Å². The number of nitrogens with zero attached hydrogens (tertiary/aromatic N) is 6. The quantitative estimate of drug-likeness (QED) is 0.171. The van der Waals surface area contributed by atoms with Gasteiger partial charge >= 0.3 is 0 Å². The van der Waals surface area contributed by atoms with Crippen LogP contribution >= 0.6 is 11.6 Å². The second kappa shape index (κ2) is 14.5. The SMILES string of the molecule is [C-]#[N+]c1ccc(-c2nn(Cc3ccc(C(=O)N4CCC(CCN5Cc6cc7c(cc6C5)C(=O)N(C5CCC(=O)NC5=O)C7=O)CC4)cc3)c(C)c2C)cc1Cl. The number of hydrogen-bond acceptors (Lipinski definition) is 7. The van der Waals surface area contributed by atoms with Crippen LogP contribution in [-0.2, 0) is 29.2 Å². The molecule has 2 fully saturated rings. The summed E-state index contributed by atoms with van der Waals surface area (Å²) in [5.74, 6) is -1.41. The molecule has 4 aliphatic rings. The van der Waals surface area contributed by atoms with Crippen molar-refractivity contribution >= 4 is 46.8 Å². The van der Waals surface area contributed by atoms with Gasteiger partial charge in [0.25, 0.3) is 17.7 Å². The zero-order valence-corrected chi connectivity index (χ0v) is 31.5. The molecule has 1 atom stereocenters. The van der Waals surface area contributed by atoms with E-state index in [2.05, 4.69) is 15.1 Å². The number of nitrogens with one attached hydrogen (secondary N) is 1. The Kier molecular flexibility index (Phi) is 9.61. The van der Waals surface area contributed by atoms with E-state index in [9.17, 15) is 24.0 Å². The molecular formula is C42H40ClN7O5. The molecule has 5 amide bonds. The highest BCUT2D eigenvalue weighted by Crippen LogP contribution is 2.35. The molecule has 280 valence electrons. The number of amides is 5. The van der Waals surface area contributed by atoms with Gasteiger partial charge in [-0.05, 0) is 105 Å². The Morgan fingerprint density at radius 1 is 0.927 bits per heavy atom. The van der Waals surface area contributed by atoms with Crippen molar-refractivity contribution in [2.24, 2.45) is 5.92 Å². The topological polar surface area (TPSA) is 129 Å². The van der Waals surface area contributed by atoms with Gasteiger partial charge in [-0.15, -0.1) is 0 Å². The van der Waals surface area contributed by atoms with Gasteiger partial charge in [0, 0.05) is 54.4 Å². The maximum Gasteiger partial charge on any atom is 0.262 e. The Hall–Kier alpha value is -5.64. The highest BCUT2D eigenvalue weighted by Gasteiger charge is 2.45. The largest absolute Gasteiger partial charge is 0.339 e. The number of likely N-dealkylation sites (tertiary alicyclic amines) is 1. The van der Waals surface area contributed by atoms with E-state index in [1.165, 1.54) is 0 Å². The monoisotopic (exact) mass is 757 g/mol. The predicted molar refractivity (Wildman–Crippen MR) is 204 cm³/mol. The molecule has 4 aromatic rings. The fraction of sp³-hybridized carbons (Fsp3) is 0.357. The van der Waals surface area contributed by atoms with Crippen LogP contribution in [0.5, 0.6) is 0 Å². The highest BCUT2D eigenvalue weighted by molar-refractivity contribution is 6.33. The van der Waals surface area contributed by atoms with Crippen molar-refractivity contribution < 1.29 is 24.0 Å². The van der Waals surface area contributed by atoms with Crippen LogP contribution in [0.4, 0.5) is 5.69 Å². The third-order valence-electron chi connectivity index (χ3n) is 11.7. The van der Waals surface area contributed by atoms with Crippen molar-refractivity contribution in [1.29, 1.82) is 0 Å². The van der Waals surface area contributed by atoms with Gasteiger partial charge in [-0.2, -0.15) is 5.10 Å². The first kappa shape index (κ1) is 36.3. The Labute approximate surface area is 323 Å². The van der Waals surface area contributed by atoms with E-state index in [0.29, 0.717) is 66.0 Å². The summed E-state index contributed by atoms with van der Waals surface area (Å²) in [4.78, 5) is 72.7. The minimum Gasteiger partial charge on any atom is -0.339 e. The number of benzene rings is 3. The van der Waals surface area contributed by atoms with Gasteiger partial charge in [-0.1, -0.05) is 35.9 Å². The summed E-state index contributed by atoms with van der Waals surface area (Å²) in [5.41, 5.74) is 8.59. The summed E-state index contributed by atoms with van der Waals surface area (Å²) in [7, 11) is 0. The first-order valence-corrected chi connectivity index (χ1v) is 19.1. The lowest BCUT2D eigenvalue weighted by Crippen LogP contribution is -2.54. The van der Waals surface area contributed by atoms with Crippen molar-refractivity contribution in [2.45, 2.75) is 71.6 Å². The molecule has 2 saturated heterocycles. The standard InChI is InChI=1S/C42H40ClN7O5/c1-24-25(2)49(46-38(24)29-8-9-35(44-3)34(43)20-29)21-27-4-6-28(7-5-27)40(53)48-16-13-26(14-17-48)12-15-47-22-30-18-32-33(19-31(30)23-47)42(55)50(41(32)54)36-10-11-37(51)45-39(36)52/h4-9,18-20,26,36H,10-17,21-23H2,1-2H3,(H,45,51,52). The fourth-order valence-corrected chi connectivity index (χ4v) is 8.53. The summed E-state index contributed by atoms with van der Waals surface area (Å²) in [6.45, 7) is 15.5. The van der Waals surface area contributed by atoms with Crippen LogP contribution in [0, 0.1) is 26.3 Å². The van der Waals surface area contributed by atoms with Crippen molar-refractivity contribution in [2.75, 3.05) is 19.6 Å². The second-order valence-electron chi connectivity index (χ2n) is 15.0. The number of carbonyl (C=O) groups excluding carboxylic acids is 5. The van der Waals surface area contributed by atoms with Crippen molar-refractivity contribution in [3.8, 4) is 11.3 Å². The van der Waals surface area contributed by atoms with Gasteiger partial charge < -0.3 is 4.90 Å². The van der Waals surface area contributed by atoms with Crippen LogP contribution in [0.15, 0.2) is 54.6 Å². The lowest BCUT2D eigenvalue weighted by Gasteiger charge is -2.33. The molecule has 0 saturated carbocycles. The highest BCUT2D eigenvalue weighted by atomic mass is 35.5. The van der Waals surface area contributed by atoms with Gasteiger partial charge in [0.1, 0.15) is 6.04 Å². The molecule has 0 spiro atoms. The summed E-state index contributed by atoms with van der Waals surface area (Å²) in [5, 5.41) is 7.50. The zero-order chi connectivity index (χ0) is 38.5. The molecule has 3 aromatic carbocycles. The Morgan fingerprint density at radius 3 is 2.22 bits per heavy atom. The summed E-state index contributed by atoms with van der Waals surface area (Å²) >= 11 is 6.30. The molecule has 0 radical (unpaired) electrons. The molecule has 0 bridgehead atoms. The van der Waals surface area contributed by atoms with E-state index in [1.54, 1.807) is 24.3 Å². The van der Waals surface area contributed by atoms with Crippen LogP contribution < -0.4 is 5.32 Å². The molecule has 12 nitrogen and oxygen atoms in total. The summed E-state index contributed by atoms with van der Waals surface area (Å²) in [6, 6.07) is 15.8. The lowest BCUT2D eigenvalue weighted by atomic mass is 9.93. The van der Waals surface area contributed by atoms with Gasteiger partial charge in [-0.25, -0.2) is 4.85 Å². The molecular weight excluding hydrogens is 718 g/mol. The minimum atomic E-state index is -0.967. The average Bonchev–Trinajstić information content (AvgIpc) is 3.80. The fourth-order valence-electron chi connectivity index (χ4n) is 8.30. The van der Waals surface area contributed by atoms with Crippen LogP contribution in [0.1, 0.15) is 91.1 Å². The molecule has 1 unspecified atom stereocenters. The molecule has 0 aliphatic carbocycles. The van der Waals surface area contributed by atoms with Crippen LogP contribution in [0.25, 0.3) is 16.1 Å². The van der Waals surface area contributed by atoms with E-state index in [4.69, 9.17) is 23.3 Å². The third kappa shape index (κ3) is 6.83. The third-order valence-corrected chi connectivity index (χ3v) is 12.0. The Morgan fingerprint density at radius 2 is 1.60 bits per heavy atom. The molecule has 1 aromatic heterocycles. The van der Waals surface area contributed by atoms with E-state index < -0.39 is 29.7 Å². The average molecular weight is 758 g/mol. The molecule has 5 heterocycles. The van der Waals surface area contributed by atoms with Crippen LogP contribution in [-0.4, -0.2) is 79.7 Å². The summed E-state index contributed by atoms with van der Waals surface area (Å²) in [6.07, 6.45) is 3.10. The molecule has 13 heteroatoms. The van der Waals surface area contributed by atoms with Crippen molar-refractivity contribution in [3.05, 3.63) is 116 Å².